The Kier molecular flexibility index (Phi) is 7.36. The Bertz CT molecular complexity index is 659. The number of hydrogen-bond donors (Lipinski definition) is 1. The Balaban J connectivity index is 2.57. The fraction of sp³-hybridized carbons (Fsp3) is 0.550. The smallest absolute Gasteiger partial charge is 0.339 e. The van der Waals surface area contributed by atoms with Gasteiger partial charge in [0.15, 0.2) is 0 Å². The summed E-state index contributed by atoms with van der Waals surface area (Å²) in [5.41, 5.74) is -0.773. The Hall–Kier alpha value is -2.37. The molecule has 0 aromatic heterocycles. The van der Waals surface area contributed by atoms with Crippen LogP contribution in [0.15, 0.2) is 24.3 Å². The molecule has 144 valence electrons. The zero-order chi connectivity index (χ0) is 20.0. The summed E-state index contributed by atoms with van der Waals surface area (Å²) in [7, 11) is 0. The van der Waals surface area contributed by atoms with Crippen molar-refractivity contribution < 1.29 is 29.0 Å². The average molecular weight is 364 g/mol. The lowest BCUT2D eigenvalue weighted by Crippen LogP contribution is -2.34. The fourth-order valence-electron chi connectivity index (χ4n) is 2.88. The molecule has 1 rings (SSSR count). The lowest BCUT2D eigenvalue weighted by atomic mass is 9.73. The largest absolute Gasteiger partial charge is 0.478 e. The second kappa shape index (κ2) is 8.83. The zero-order valence-electron chi connectivity index (χ0n) is 16.1. The molecular weight excluding hydrogens is 336 g/mol. The van der Waals surface area contributed by atoms with Gasteiger partial charge >= 0.3 is 17.9 Å². The van der Waals surface area contributed by atoms with Crippen molar-refractivity contribution in [2.75, 3.05) is 13.2 Å². The summed E-state index contributed by atoms with van der Waals surface area (Å²) >= 11 is 0. The van der Waals surface area contributed by atoms with Gasteiger partial charge in [-0.3, -0.25) is 4.79 Å². The van der Waals surface area contributed by atoms with E-state index in [2.05, 4.69) is 20.8 Å². The predicted molar refractivity (Wildman–Crippen MR) is 97.1 cm³/mol. The summed E-state index contributed by atoms with van der Waals surface area (Å²) in [5.74, 6) is -2.28. The number of carboxylic acids is 1. The molecule has 1 unspecified atom stereocenters. The molecule has 1 aromatic carbocycles. The first-order valence-corrected chi connectivity index (χ1v) is 8.67. The molecule has 0 aliphatic carbocycles. The van der Waals surface area contributed by atoms with Gasteiger partial charge in [0.1, 0.15) is 13.2 Å². The number of ether oxygens (including phenoxy) is 2. The molecule has 0 radical (unpaired) electrons. The topological polar surface area (TPSA) is 89.9 Å². The van der Waals surface area contributed by atoms with Crippen LogP contribution in [-0.4, -0.2) is 36.2 Å². The summed E-state index contributed by atoms with van der Waals surface area (Å²) in [4.78, 5) is 35.5. The Labute approximate surface area is 154 Å². The highest BCUT2D eigenvalue weighted by Crippen LogP contribution is 2.37. The molecule has 0 spiro atoms. The van der Waals surface area contributed by atoms with Crippen LogP contribution in [0.4, 0.5) is 0 Å². The molecule has 0 saturated heterocycles. The van der Waals surface area contributed by atoms with E-state index in [-0.39, 0.29) is 35.7 Å². The minimum Gasteiger partial charge on any atom is -0.478 e. The van der Waals surface area contributed by atoms with Crippen LogP contribution in [0.3, 0.4) is 0 Å². The van der Waals surface area contributed by atoms with Crippen LogP contribution >= 0.6 is 0 Å². The van der Waals surface area contributed by atoms with Gasteiger partial charge in [-0.25, -0.2) is 9.59 Å². The zero-order valence-corrected chi connectivity index (χ0v) is 16.1. The van der Waals surface area contributed by atoms with Crippen LogP contribution < -0.4 is 0 Å². The number of carbonyl (C=O) groups excluding carboxylic acids is 2. The third-order valence-corrected chi connectivity index (χ3v) is 4.12. The minimum atomic E-state index is -1.20. The molecule has 1 atom stereocenters. The summed E-state index contributed by atoms with van der Waals surface area (Å²) < 4.78 is 10.3. The molecule has 0 heterocycles. The summed E-state index contributed by atoms with van der Waals surface area (Å²) in [6.07, 6.45) is 1.33. The summed E-state index contributed by atoms with van der Waals surface area (Å²) in [6.45, 7) is 9.81. The molecule has 26 heavy (non-hydrogen) atoms. The predicted octanol–water partition coefficient (Wildman–Crippen LogP) is 3.94. The van der Waals surface area contributed by atoms with E-state index in [0.29, 0.717) is 12.8 Å². The van der Waals surface area contributed by atoms with Crippen LogP contribution in [0.1, 0.15) is 68.2 Å². The minimum absolute atomic E-state index is 0.0171. The number of aromatic carboxylic acids is 1. The van der Waals surface area contributed by atoms with Crippen molar-refractivity contribution in [3.8, 4) is 0 Å². The van der Waals surface area contributed by atoms with Crippen molar-refractivity contribution >= 4 is 17.9 Å². The number of hydrogen-bond acceptors (Lipinski definition) is 5. The van der Waals surface area contributed by atoms with E-state index in [0.717, 1.165) is 0 Å². The molecule has 6 heteroatoms. The standard InChI is InChI=1S/C20H28O6/c1-6-20(5,13-19(2,3)4)18(24)26-12-11-25-17(23)15-10-8-7-9-14(15)16(21)22/h7-10H,6,11-13H2,1-5H3,(H,21,22). The summed E-state index contributed by atoms with van der Waals surface area (Å²) in [6, 6.07) is 5.80. The van der Waals surface area contributed by atoms with E-state index in [9.17, 15) is 14.4 Å². The molecule has 0 aliphatic rings. The van der Waals surface area contributed by atoms with Crippen molar-refractivity contribution in [2.24, 2.45) is 10.8 Å². The Morgan fingerprint density at radius 3 is 2.00 bits per heavy atom. The van der Waals surface area contributed by atoms with Gasteiger partial charge in [-0.2, -0.15) is 0 Å². The molecule has 1 aromatic rings. The van der Waals surface area contributed by atoms with E-state index < -0.39 is 17.4 Å². The van der Waals surface area contributed by atoms with Gasteiger partial charge in [-0.1, -0.05) is 39.8 Å². The van der Waals surface area contributed by atoms with Gasteiger partial charge in [0.05, 0.1) is 16.5 Å². The SMILES string of the molecule is CCC(C)(CC(C)(C)C)C(=O)OCCOC(=O)c1ccccc1C(=O)O. The number of rotatable bonds is 8. The van der Waals surface area contributed by atoms with Gasteiger partial charge in [0, 0.05) is 0 Å². The average Bonchev–Trinajstić information content (AvgIpc) is 2.56. The molecular formula is C20H28O6. The molecule has 0 amide bonds. The van der Waals surface area contributed by atoms with Crippen LogP contribution in [-0.2, 0) is 14.3 Å². The maximum Gasteiger partial charge on any atom is 0.339 e. The first-order chi connectivity index (χ1) is 12.0. The highest BCUT2D eigenvalue weighted by atomic mass is 16.6. The van der Waals surface area contributed by atoms with E-state index in [1.807, 2.05) is 13.8 Å². The molecule has 1 N–H and O–H groups in total. The van der Waals surface area contributed by atoms with E-state index in [1.54, 1.807) is 6.07 Å². The molecule has 0 fully saturated rings. The number of carboxylic acid groups (broad SMARTS) is 1. The molecule has 0 bridgehead atoms. The van der Waals surface area contributed by atoms with Gasteiger partial charge in [0.25, 0.3) is 0 Å². The third kappa shape index (κ3) is 6.17. The first-order valence-electron chi connectivity index (χ1n) is 8.67. The van der Waals surface area contributed by atoms with Crippen LogP contribution in [0.2, 0.25) is 0 Å². The monoisotopic (exact) mass is 364 g/mol. The first kappa shape index (κ1) is 21.7. The van der Waals surface area contributed by atoms with Gasteiger partial charge < -0.3 is 14.6 Å². The molecule has 6 nitrogen and oxygen atoms in total. The maximum atomic E-state index is 12.4. The second-order valence-electron chi connectivity index (χ2n) is 7.77. The number of benzene rings is 1. The van der Waals surface area contributed by atoms with Gasteiger partial charge in [-0.05, 0) is 37.3 Å². The van der Waals surface area contributed by atoms with Gasteiger partial charge in [0.2, 0.25) is 0 Å². The van der Waals surface area contributed by atoms with Crippen molar-refractivity contribution in [3.63, 3.8) is 0 Å². The summed E-state index contributed by atoms with van der Waals surface area (Å²) in [5, 5.41) is 9.09. The van der Waals surface area contributed by atoms with E-state index >= 15 is 0 Å². The lowest BCUT2D eigenvalue weighted by molar-refractivity contribution is -0.158. The number of esters is 2. The highest BCUT2D eigenvalue weighted by molar-refractivity contribution is 6.02. The van der Waals surface area contributed by atoms with Crippen molar-refractivity contribution in [2.45, 2.75) is 47.5 Å². The van der Waals surface area contributed by atoms with E-state index in [1.165, 1.54) is 18.2 Å². The fourth-order valence-corrected chi connectivity index (χ4v) is 2.88. The molecule has 0 aliphatic heterocycles. The third-order valence-electron chi connectivity index (χ3n) is 4.12. The Morgan fingerprint density at radius 1 is 0.962 bits per heavy atom. The number of carbonyl (C=O) groups is 3. The van der Waals surface area contributed by atoms with E-state index in [4.69, 9.17) is 14.6 Å². The lowest BCUT2D eigenvalue weighted by Gasteiger charge is -2.32. The second-order valence-corrected chi connectivity index (χ2v) is 7.77. The normalized spacial score (nSPS) is 13.6. The Morgan fingerprint density at radius 2 is 1.50 bits per heavy atom. The van der Waals surface area contributed by atoms with Crippen LogP contribution in [0.5, 0.6) is 0 Å². The van der Waals surface area contributed by atoms with Crippen molar-refractivity contribution in [3.05, 3.63) is 35.4 Å². The van der Waals surface area contributed by atoms with Gasteiger partial charge in [-0.15, -0.1) is 0 Å². The van der Waals surface area contributed by atoms with Crippen molar-refractivity contribution in [1.29, 1.82) is 0 Å². The van der Waals surface area contributed by atoms with Crippen LogP contribution in [0, 0.1) is 10.8 Å². The van der Waals surface area contributed by atoms with Crippen molar-refractivity contribution in [1.82, 2.24) is 0 Å². The van der Waals surface area contributed by atoms with Crippen LogP contribution in [0.25, 0.3) is 0 Å². The maximum absolute atomic E-state index is 12.4. The molecule has 0 saturated carbocycles. The quantitative estimate of drug-likeness (QED) is 0.555. The highest BCUT2D eigenvalue weighted by Gasteiger charge is 2.36.